The van der Waals surface area contributed by atoms with Gasteiger partial charge in [-0.25, -0.2) is 9.67 Å². The normalized spacial score (nSPS) is 14.3. The highest BCUT2D eigenvalue weighted by molar-refractivity contribution is 8.15. The van der Waals surface area contributed by atoms with Crippen molar-refractivity contribution < 1.29 is 22.7 Å². The van der Waals surface area contributed by atoms with E-state index in [2.05, 4.69) is 32.1 Å². The van der Waals surface area contributed by atoms with Gasteiger partial charge in [0.15, 0.2) is 16.1 Å². The average Bonchev–Trinajstić information content (AvgIpc) is 3.62. The van der Waals surface area contributed by atoms with Crippen molar-refractivity contribution in [1.29, 1.82) is 0 Å². The molecule has 1 N–H and O–H groups in total. The number of amidine groups is 1. The fourth-order valence-corrected chi connectivity index (χ4v) is 5.73. The fourth-order valence-electron chi connectivity index (χ4n) is 4.62. The van der Waals surface area contributed by atoms with Crippen molar-refractivity contribution in [2.75, 3.05) is 17.2 Å². The van der Waals surface area contributed by atoms with E-state index in [9.17, 15) is 18.0 Å². The Morgan fingerprint density at radius 1 is 1.11 bits per heavy atom. The van der Waals surface area contributed by atoms with Gasteiger partial charge in [-0.2, -0.15) is 4.99 Å². The third kappa shape index (κ3) is 7.83. The van der Waals surface area contributed by atoms with Gasteiger partial charge in [0.1, 0.15) is 12.1 Å². The molecule has 13 heteroatoms. The minimum Gasteiger partial charge on any atom is -0.406 e. The quantitative estimate of drug-likeness (QED) is 0.162. The number of rotatable bonds is 9. The summed E-state index contributed by atoms with van der Waals surface area (Å²) in [5, 5.41) is 8.56. The lowest BCUT2D eigenvalue weighted by atomic mass is 10.1. The molecule has 1 fully saturated rings. The third-order valence-corrected chi connectivity index (χ3v) is 7.94. The van der Waals surface area contributed by atoms with Crippen molar-refractivity contribution in [3.8, 4) is 22.8 Å². The molecule has 44 heavy (non-hydrogen) atoms. The molecular formula is C31H29F3N6O2S2. The molecule has 0 spiro atoms. The molecule has 0 saturated carbocycles. The zero-order valence-electron chi connectivity index (χ0n) is 24.0. The minimum atomic E-state index is -4.74. The van der Waals surface area contributed by atoms with Gasteiger partial charge in [0, 0.05) is 12.1 Å². The highest BCUT2D eigenvalue weighted by atomic mass is 32.2. The summed E-state index contributed by atoms with van der Waals surface area (Å²) < 4.78 is 42.6. The van der Waals surface area contributed by atoms with Gasteiger partial charge in [-0.05, 0) is 85.4 Å². The van der Waals surface area contributed by atoms with Gasteiger partial charge >= 0.3 is 6.36 Å². The van der Waals surface area contributed by atoms with Crippen molar-refractivity contribution in [2.24, 2.45) is 4.99 Å². The number of benzene rings is 3. The summed E-state index contributed by atoms with van der Waals surface area (Å²) in [7, 11) is 0. The zero-order valence-corrected chi connectivity index (χ0v) is 25.6. The standard InChI is InChI=1S/C31H29F3N6O2S2/c1-3-22-9-6-20(2)17-26(22)40-27(41)18-44-30(40)37-29(43)35-16-4-5-21-7-10-23(11-8-21)28-36-19-39(38-28)24-12-14-25(15-13-24)42-31(32,33)34/h6-15,17,19H,3-5,16,18H2,1-2H3,(H,35,43)/b37-30-. The van der Waals surface area contributed by atoms with Crippen LogP contribution < -0.4 is 15.0 Å². The van der Waals surface area contributed by atoms with Crippen LogP contribution in [0.4, 0.5) is 18.9 Å². The highest BCUT2D eigenvalue weighted by Gasteiger charge is 2.32. The number of hydrogen-bond donors (Lipinski definition) is 1. The summed E-state index contributed by atoms with van der Waals surface area (Å²) in [6, 6.07) is 19.4. The number of carbonyl (C=O) groups is 1. The Labute approximate surface area is 262 Å². The molecule has 0 unspecified atom stereocenters. The second kappa shape index (κ2) is 13.6. The van der Waals surface area contributed by atoms with E-state index in [1.165, 1.54) is 47.0 Å². The average molecular weight is 639 g/mol. The molecular weight excluding hydrogens is 610 g/mol. The monoisotopic (exact) mass is 638 g/mol. The molecule has 5 rings (SSSR count). The number of amides is 1. The van der Waals surface area contributed by atoms with Gasteiger partial charge in [-0.3, -0.25) is 9.69 Å². The van der Waals surface area contributed by atoms with E-state index in [-0.39, 0.29) is 11.7 Å². The number of nitrogens with one attached hydrogen (secondary N) is 1. The van der Waals surface area contributed by atoms with Crippen molar-refractivity contribution >= 4 is 45.9 Å². The third-order valence-electron chi connectivity index (χ3n) is 6.78. The molecule has 2 heterocycles. The van der Waals surface area contributed by atoms with Crippen LogP contribution in [0.2, 0.25) is 0 Å². The molecule has 0 radical (unpaired) electrons. The zero-order chi connectivity index (χ0) is 31.3. The Bertz CT molecular complexity index is 1670. The first-order valence-electron chi connectivity index (χ1n) is 13.9. The Morgan fingerprint density at radius 3 is 2.57 bits per heavy atom. The van der Waals surface area contributed by atoms with Crippen LogP contribution in [0, 0.1) is 6.92 Å². The Kier molecular flexibility index (Phi) is 9.64. The van der Waals surface area contributed by atoms with E-state index in [1.54, 1.807) is 4.90 Å². The first kappa shape index (κ1) is 31.2. The van der Waals surface area contributed by atoms with E-state index in [0.717, 1.165) is 47.2 Å². The van der Waals surface area contributed by atoms with Gasteiger partial charge < -0.3 is 10.1 Å². The van der Waals surface area contributed by atoms with Gasteiger partial charge in [-0.15, -0.1) is 18.3 Å². The first-order valence-corrected chi connectivity index (χ1v) is 15.3. The van der Waals surface area contributed by atoms with E-state index < -0.39 is 6.36 Å². The van der Waals surface area contributed by atoms with Crippen molar-refractivity contribution in [3.63, 3.8) is 0 Å². The number of aliphatic imine (C=N–C) groups is 1. The van der Waals surface area contributed by atoms with Crippen LogP contribution in [-0.2, 0) is 17.6 Å². The minimum absolute atomic E-state index is 0.00382. The molecule has 4 aromatic rings. The lowest BCUT2D eigenvalue weighted by molar-refractivity contribution is -0.274. The second-order valence-electron chi connectivity index (χ2n) is 9.98. The number of thiocarbonyl (C=S) groups is 1. The number of anilines is 1. The van der Waals surface area contributed by atoms with Crippen LogP contribution in [0.15, 0.2) is 78.0 Å². The molecule has 1 amide bonds. The topological polar surface area (TPSA) is 84.6 Å². The number of halogens is 3. The van der Waals surface area contributed by atoms with E-state index >= 15 is 0 Å². The largest absolute Gasteiger partial charge is 0.573 e. The maximum atomic E-state index is 12.7. The number of nitrogens with zero attached hydrogens (tertiary/aromatic N) is 5. The van der Waals surface area contributed by atoms with Gasteiger partial charge in [0.05, 0.1) is 17.1 Å². The van der Waals surface area contributed by atoms with Crippen LogP contribution in [-0.4, -0.2) is 49.6 Å². The molecule has 1 aliphatic heterocycles. The van der Waals surface area contributed by atoms with Gasteiger partial charge in [0.2, 0.25) is 5.91 Å². The van der Waals surface area contributed by atoms with Crippen molar-refractivity contribution in [1.82, 2.24) is 20.1 Å². The molecule has 0 bridgehead atoms. The number of aromatic nitrogens is 3. The lowest BCUT2D eigenvalue weighted by Gasteiger charge is -2.20. The van der Waals surface area contributed by atoms with Crippen LogP contribution >= 0.6 is 24.0 Å². The number of aryl methyl sites for hydroxylation is 3. The van der Waals surface area contributed by atoms with Crippen molar-refractivity contribution in [3.05, 3.63) is 89.7 Å². The Hall–Kier alpha value is -4.23. The molecule has 8 nitrogen and oxygen atoms in total. The fraction of sp³-hybridized carbons (Fsp3) is 0.258. The van der Waals surface area contributed by atoms with E-state index in [1.807, 2.05) is 49.4 Å². The van der Waals surface area contributed by atoms with Crippen LogP contribution in [0.25, 0.3) is 17.1 Å². The van der Waals surface area contributed by atoms with Crippen LogP contribution in [0.5, 0.6) is 5.75 Å². The van der Waals surface area contributed by atoms with E-state index in [4.69, 9.17) is 12.2 Å². The summed E-state index contributed by atoms with van der Waals surface area (Å²) in [5.41, 5.74) is 5.52. The van der Waals surface area contributed by atoms with E-state index in [0.29, 0.717) is 34.1 Å². The molecule has 1 saturated heterocycles. The second-order valence-corrected chi connectivity index (χ2v) is 11.3. The molecule has 0 atom stereocenters. The highest BCUT2D eigenvalue weighted by Crippen LogP contribution is 2.31. The summed E-state index contributed by atoms with van der Waals surface area (Å²) in [4.78, 5) is 23.3. The summed E-state index contributed by atoms with van der Waals surface area (Å²) in [5.74, 6) is 0.517. The molecule has 3 aromatic carbocycles. The van der Waals surface area contributed by atoms with Crippen LogP contribution in [0.3, 0.4) is 0 Å². The maximum Gasteiger partial charge on any atom is 0.573 e. The predicted molar refractivity (Wildman–Crippen MR) is 170 cm³/mol. The van der Waals surface area contributed by atoms with Crippen molar-refractivity contribution in [2.45, 2.75) is 39.5 Å². The predicted octanol–water partition coefficient (Wildman–Crippen LogP) is 6.65. The Balaban J connectivity index is 1.12. The number of hydrogen-bond acceptors (Lipinski definition) is 6. The first-order chi connectivity index (χ1) is 21.1. The summed E-state index contributed by atoms with van der Waals surface area (Å²) >= 11 is 6.86. The maximum absolute atomic E-state index is 12.7. The van der Waals surface area contributed by atoms with Crippen LogP contribution in [0.1, 0.15) is 30.0 Å². The lowest BCUT2D eigenvalue weighted by Crippen LogP contribution is -2.32. The summed E-state index contributed by atoms with van der Waals surface area (Å²) in [6.45, 7) is 4.69. The molecule has 0 aliphatic carbocycles. The number of ether oxygens (including phenoxy) is 1. The number of thioether (sulfide) groups is 1. The number of alkyl halides is 3. The molecule has 1 aliphatic rings. The van der Waals surface area contributed by atoms with Gasteiger partial charge in [0.25, 0.3) is 0 Å². The SMILES string of the molecule is CCc1ccc(C)cc1N1C(=O)CS/C1=N\C(=S)NCCCc1ccc(-c2ncn(-c3ccc(OC(F)(F)F)cc3)n2)cc1. The Morgan fingerprint density at radius 2 is 1.86 bits per heavy atom. The van der Waals surface area contributed by atoms with Gasteiger partial charge in [-0.1, -0.05) is 55.1 Å². The smallest absolute Gasteiger partial charge is 0.406 e. The number of carbonyl (C=O) groups excluding carboxylic acids is 1. The molecule has 1 aromatic heterocycles. The molecule has 228 valence electrons. The summed E-state index contributed by atoms with van der Waals surface area (Å²) in [6.07, 6.45) is -0.805.